The van der Waals surface area contributed by atoms with Gasteiger partial charge in [-0.1, -0.05) is 0 Å². The van der Waals surface area contributed by atoms with Crippen LogP contribution in [0.25, 0.3) is 0 Å². The van der Waals surface area contributed by atoms with Crippen molar-refractivity contribution in [1.82, 2.24) is 9.55 Å². The molecule has 0 radical (unpaired) electrons. The first-order chi connectivity index (χ1) is 8.40. The van der Waals surface area contributed by atoms with Gasteiger partial charge in [-0.15, -0.1) is 0 Å². The van der Waals surface area contributed by atoms with Gasteiger partial charge >= 0.3 is 5.69 Å². The topological polar surface area (TPSA) is 131 Å². The van der Waals surface area contributed by atoms with Crippen LogP contribution in [-0.4, -0.2) is 49.8 Å². The number of rotatable bonds is 2. The van der Waals surface area contributed by atoms with Gasteiger partial charge in [-0.05, 0) is 22.0 Å². The molecule has 1 aliphatic rings. The minimum atomic E-state index is -1.68. The van der Waals surface area contributed by atoms with E-state index in [0.29, 0.717) is 0 Å². The summed E-state index contributed by atoms with van der Waals surface area (Å²) >= 11 is 3.06. The summed E-state index contributed by atoms with van der Waals surface area (Å²) in [5, 5.41) is 28.6. The van der Waals surface area contributed by atoms with Gasteiger partial charge in [-0.25, -0.2) is 4.79 Å². The molecule has 4 atom stereocenters. The van der Waals surface area contributed by atoms with Crippen molar-refractivity contribution < 1.29 is 20.1 Å². The summed E-state index contributed by atoms with van der Waals surface area (Å²) in [6.07, 6.45) is -2.52. The number of halogens is 1. The first-order valence-corrected chi connectivity index (χ1v) is 5.89. The van der Waals surface area contributed by atoms with Gasteiger partial charge in [0.15, 0.2) is 0 Å². The van der Waals surface area contributed by atoms with Gasteiger partial charge in [0.25, 0.3) is 0 Å². The Morgan fingerprint density at radius 3 is 2.78 bits per heavy atom. The molecule has 0 amide bonds. The van der Waals surface area contributed by atoms with Gasteiger partial charge in [0.05, 0.1) is 6.61 Å². The van der Waals surface area contributed by atoms with E-state index in [1.54, 1.807) is 0 Å². The fourth-order valence-electron chi connectivity index (χ4n) is 1.76. The van der Waals surface area contributed by atoms with Crippen LogP contribution in [0.2, 0.25) is 0 Å². The van der Waals surface area contributed by atoms with Crippen molar-refractivity contribution in [3.8, 4) is 0 Å². The number of aliphatic hydroxyl groups is 3. The monoisotopic (exact) mass is 321 g/mol. The van der Waals surface area contributed by atoms with Crippen LogP contribution in [0.1, 0.15) is 0 Å². The molecule has 1 aliphatic heterocycles. The molecule has 8 nitrogen and oxygen atoms in total. The zero-order valence-corrected chi connectivity index (χ0v) is 10.7. The Morgan fingerprint density at radius 1 is 1.61 bits per heavy atom. The maximum Gasteiger partial charge on any atom is 0.352 e. The Morgan fingerprint density at radius 2 is 2.28 bits per heavy atom. The lowest BCUT2D eigenvalue weighted by Gasteiger charge is -2.27. The van der Waals surface area contributed by atoms with Crippen molar-refractivity contribution >= 4 is 21.7 Å². The van der Waals surface area contributed by atoms with Crippen LogP contribution in [0.5, 0.6) is 0 Å². The fraction of sp³-hybridized carbons (Fsp3) is 0.556. The molecule has 0 aromatic carbocycles. The highest BCUT2D eigenvalue weighted by Crippen LogP contribution is 2.39. The summed E-state index contributed by atoms with van der Waals surface area (Å²) < 4.78 is 4.55. The SMILES string of the molecule is Nc1ccn([C@]2(Br)O[C@H](CO)[C@@H](O)[C@H]2O)c(=O)n1. The van der Waals surface area contributed by atoms with Crippen LogP contribution >= 0.6 is 15.9 Å². The standard InChI is InChI=1S/C9H12BrN3O5/c10-9(7(16)6(15)4(3-14)18-9)13-2-1-5(11)12-8(13)17/h1-2,4,6-7,14-16H,3H2,(H2,11,12,17)/t4-,6-,7-,9+/m1/s1. The zero-order chi connectivity index (χ0) is 13.5. The number of aromatic nitrogens is 2. The Bertz CT molecular complexity index is 509. The number of hydrogen-bond donors (Lipinski definition) is 4. The van der Waals surface area contributed by atoms with Gasteiger partial charge in [-0.3, -0.25) is 4.57 Å². The molecule has 2 heterocycles. The predicted octanol–water partition coefficient (Wildman–Crippen LogP) is -2.06. The summed E-state index contributed by atoms with van der Waals surface area (Å²) in [4.78, 5) is 15.2. The van der Waals surface area contributed by atoms with Crippen LogP contribution in [0.4, 0.5) is 5.82 Å². The number of anilines is 1. The Kier molecular flexibility index (Phi) is 3.43. The highest BCUT2D eigenvalue weighted by Gasteiger charge is 2.54. The highest BCUT2D eigenvalue weighted by atomic mass is 79.9. The van der Waals surface area contributed by atoms with E-state index >= 15 is 0 Å². The first kappa shape index (κ1) is 13.4. The van der Waals surface area contributed by atoms with Crippen LogP contribution < -0.4 is 11.4 Å². The number of ether oxygens (including phenoxy) is 1. The normalized spacial score (nSPS) is 35.9. The summed E-state index contributed by atoms with van der Waals surface area (Å²) in [7, 11) is 0. The van der Waals surface area contributed by atoms with Gasteiger partial charge in [0.1, 0.15) is 24.1 Å². The summed E-state index contributed by atoms with van der Waals surface area (Å²) in [6.45, 7) is -0.497. The lowest BCUT2D eigenvalue weighted by Crippen LogP contribution is -2.46. The Balaban J connectivity index is 2.46. The maximum atomic E-state index is 11.7. The van der Waals surface area contributed by atoms with Crippen molar-refractivity contribution in [3.63, 3.8) is 0 Å². The van der Waals surface area contributed by atoms with Gasteiger partial charge in [0.2, 0.25) is 4.63 Å². The average Bonchev–Trinajstić information content (AvgIpc) is 2.54. The Labute approximate surface area is 110 Å². The van der Waals surface area contributed by atoms with Gasteiger partial charge in [-0.2, -0.15) is 4.98 Å². The van der Waals surface area contributed by atoms with Crippen molar-refractivity contribution in [1.29, 1.82) is 0 Å². The minimum absolute atomic E-state index is 0.0269. The van der Waals surface area contributed by atoms with Crippen molar-refractivity contribution in [2.75, 3.05) is 12.3 Å². The molecule has 1 saturated heterocycles. The van der Waals surface area contributed by atoms with E-state index in [0.717, 1.165) is 4.57 Å². The molecule has 1 aromatic rings. The zero-order valence-electron chi connectivity index (χ0n) is 9.10. The molecule has 1 fully saturated rings. The smallest absolute Gasteiger partial charge is 0.352 e. The van der Waals surface area contributed by atoms with Gasteiger partial charge < -0.3 is 25.8 Å². The number of alkyl halides is 1. The van der Waals surface area contributed by atoms with Crippen LogP contribution in [0.15, 0.2) is 17.1 Å². The number of nitrogen functional groups attached to an aromatic ring is 1. The van der Waals surface area contributed by atoms with E-state index < -0.39 is 35.2 Å². The van der Waals surface area contributed by atoms with E-state index in [1.165, 1.54) is 12.3 Å². The third-order valence-corrected chi connectivity index (χ3v) is 3.76. The van der Waals surface area contributed by atoms with Crippen molar-refractivity contribution in [2.24, 2.45) is 0 Å². The molecule has 0 aliphatic carbocycles. The molecule has 18 heavy (non-hydrogen) atoms. The second kappa shape index (κ2) is 4.59. The van der Waals surface area contributed by atoms with E-state index in [9.17, 15) is 15.0 Å². The molecule has 9 heteroatoms. The molecule has 0 bridgehead atoms. The van der Waals surface area contributed by atoms with Crippen LogP contribution in [0.3, 0.4) is 0 Å². The number of nitrogens with zero attached hydrogens (tertiary/aromatic N) is 2. The number of nitrogens with two attached hydrogens (primary N) is 1. The molecule has 1 aromatic heterocycles. The van der Waals surface area contributed by atoms with E-state index in [-0.39, 0.29) is 5.82 Å². The molecular formula is C9H12BrN3O5. The van der Waals surface area contributed by atoms with Crippen molar-refractivity contribution in [2.45, 2.75) is 22.9 Å². The molecule has 0 saturated carbocycles. The van der Waals surface area contributed by atoms with Crippen LogP contribution in [-0.2, 0) is 9.37 Å². The number of hydrogen-bond acceptors (Lipinski definition) is 7. The number of aliphatic hydroxyl groups excluding tert-OH is 3. The molecule has 5 N–H and O–H groups in total. The fourth-order valence-corrected chi connectivity index (χ4v) is 2.54. The molecule has 0 unspecified atom stereocenters. The van der Waals surface area contributed by atoms with E-state index in [4.69, 9.17) is 15.6 Å². The van der Waals surface area contributed by atoms with E-state index in [1.807, 2.05) is 0 Å². The second-order valence-electron chi connectivity index (χ2n) is 3.89. The molecule has 100 valence electrons. The third kappa shape index (κ3) is 1.93. The first-order valence-electron chi connectivity index (χ1n) is 5.09. The van der Waals surface area contributed by atoms with E-state index in [2.05, 4.69) is 20.9 Å². The van der Waals surface area contributed by atoms with Crippen LogP contribution in [0, 0.1) is 0 Å². The summed E-state index contributed by atoms with van der Waals surface area (Å²) in [6, 6.07) is 1.35. The maximum absolute atomic E-state index is 11.7. The summed E-state index contributed by atoms with van der Waals surface area (Å²) in [5.74, 6) is 0.0269. The lowest BCUT2D eigenvalue weighted by atomic mass is 10.1. The Hall–Kier alpha value is -1.00. The molecule has 2 rings (SSSR count). The predicted molar refractivity (Wildman–Crippen MR) is 63.8 cm³/mol. The largest absolute Gasteiger partial charge is 0.394 e. The molecular weight excluding hydrogens is 310 g/mol. The lowest BCUT2D eigenvalue weighted by molar-refractivity contribution is -0.0765. The van der Waals surface area contributed by atoms with Crippen molar-refractivity contribution in [3.05, 3.63) is 22.7 Å². The highest BCUT2D eigenvalue weighted by molar-refractivity contribution is 9.09. The van der Waals surface area contributed by atoms with Gasteiger partial charge in [0, 0.05) is 6.20 Å². The third-order valence-electron chi connectivity index (χ3n) is 2.72. The minimum Gasteiger partial charge on any atom is -0.394 e. The average molecular weight is 322 g/mol. The second-order valence-corrected chi connectivity index (χ2v) is 5.02. The molecule has 0 spiro atoms. The summed E-state index contributed by atoms with van der Waals surface area (Å²) in [5.41, 5.74) is 4.60. The quantitative estimate of drug-likeness (QED) is 0.461.